The van der Waals surface area contributed by atoms with Crippen molar-refractivity contribution >= 4 is 0 Å². The van der Waals surface area contributed by atoms with Crippen LogP contribution in [0.5, 0.6) is 0 Å². The Labute approximate surface area is 105 Å². The zero-order valence-electron chi connectivity index (χ0n) is 11.6. The minimum atomic E-state index is 0.164. The third-order valence-corrected chi connectivity index (χ3v) is 4.28. The highest BCUT2D eigenvalue weighted by molar-refractivity contribution is 5.00. The molecule has 0 amide bonds. The molecule has 0 radical (unpaired) electrons. The van der Waals surface area contributed by atoms with Gasteiger partial charge in [0, 0.05) is 39.4 Å². The molecule has 2 unspecified atom stereocenters. The summed E-state index contributed by atoms with van der Waals surface area (Å²) in [5.74, 6) is 0.668. The van der Waals surface area contributed by atoms with Crippen molar-refractivity contribution in [2.24, 2.45) is 11.7 Å². The maximum absolute atomic E-state index is 6.08. The summed E-state index contributed by atoms with van der Waals surface area (Å²) in [4.78, 5) is 2.48. The molecule has 0 heterocycles. The molecule has 0 aromatic carbocycles. The van der Waals surface area contributed by atoms with E-state index >= 15 is 0 Å². The monoisotopic (exact) mass is 244 g/mol. The van der Waals surface area contributed by atoms with Crippen LogP contribution in [-0.2, 0) is 9.47 Å². The molecule has 0 saturated heterocycles. The number of methoxy groups -OCH3 is 2. The van der Waals surface area contributed by atoms with E-state index in [1.165, 1.54) is 19.3 Å². The second kappa shape index (κ2) is 7.31. The fourth-order valence-electron chi connectivity index (χ4n) is 3.09. The second-order valence-electron chi connectivity index (χ2n) is 5.07. The van der Waals surface area contributed by atoms with E-state index in [1.54, 1.807) is 14.2 Å². The topological polar surface area (TPSA) is 47.7 Å². The largest absolute Gasteiger partial charge is 0.383 e. The van der Waals surface area contributed by atoms with Gasteiger partial charge in [-0.2, -0.15) is 0 Å². The van der Waals surface area contributed by atoms with Gasteiger partial charge in [-0.3, -0.25) is 4.90 Å². The molecule has 0 aromatic heterocycles. The number of hydrogen-bond acceptors (Lipinski definition) is 4. The summed E-state index contributed by atoms with van der Waals surface area (Å²) in [5, 5.41) is 0. The molecule has 1 rings (SSSR count). The lowest BCUT2D eigenvalue weighted by atomic mass is 9.86. The van der Waals surface area contributed by atoms with E-state index in [1.807, 2.05) is 0 Å². The van der Waals surface area contributed by atoms with E-state index in [0.717, 1.165) is 32.8 Å². The Morgan fingerprint density at radius 1 is 1.24 bits per heavy atom. The summed E-state index contributed by atoms with van der Waals surface area (Å²) in [5.41, 5.74) is 6.24. The Balaban J connectivity index is 2.69. The number of ether oxygens (including phenoxy) is 2. The number of nitrogens with two attached hydrogens (primary N) is 1. The van der Waals surface area contributed by atoms with Crippen molar-refractivity contribution in [3.63, 3.8) is 0 Å². The van der Waals surface area contributed by atoms with E-state index < -0.39 is 0 Å². The van der Waals surface area contributed by atoms with Crippen LogP contribution in [0.15, 0.2) is 0 Å². The lowest BCUT2D eigenvalue weighted by molar-refractivity contribution is 0.0188. The molecule has 2 atom stereocenters. The number of hydrogen-bond donors (Lipinski definition) is 1. The zero-order chi connectivity index (χ0) is 12.7. The Morgan fingerprint density at radius 3 is 2.18 bits per heavy atom. The Hall–Kier alpha value is -0.160. The highest BCUT2D eigenvalue weighted by Gasteiger charge is 2.43. The van der Waals surface area contributed by atoms with Gasteiger partial charge >= 0.3 is 0 Å². The van der Waals surface area contributed by atoms with Crippen LogP contribution in [-0.4, -0.2) is 57.5 Å². The van der Waals surface area contributed by atoms with Gasteiger partial charge in [0.25, 0.3) is 0 Å². The van der Waals surface area contributed by atoms with Crippen LogP contribution < -0.4 is 5.73 Å². The molecule has 2 N–H and O–H groups in total. The summed E-state index contributed by atoms with van der Waals surface area (Å²) in [6.45, 7) is 6.48. The van der Waals surface area contributed by atoms with Crippen molar-refractivity contribution in [2.45, 2.75) is 31.7 Å². The maximum atomic E-state index is 6.08. The van der Waals surface area contributed by atoms with Crippen molar-refractivity contribution in [3.8, 4) is 0 Å². The summed E-state index contributed by atoms with van der Waals surface area (Å²) in [7, 11) is 3.50. The van der Waals surface area contributed by atoms with Crippen LogP contribution in [0.1, 0.15) is 26.2 Å². The predicted molar refractivity (Wildman–Crippen MR) is 70.1 cm³/mol. The van der Waals surface area contributed by atoms with Crippen LogP contribution in [0.25, 0.3) is 0 Å². The van der Waals surface area contributed by atoms with E-state index in [-0.39, 0.29) is 5.54 Å². The van der Waals surface area contributed by atoms with Crippen LogP contribution >= 0.6 is 0 Å². The molecule has 0 aliphatic heterocycles. The normalized spacial score (nSPS) is 29.1. The SMILES string of the molecule is COCCN(CCOC)C1(CN)CCCC1C. The fourth-order valence-corrected chi connectivity index (χ4v) is 3.09. The van der Waals surface area contributed by atoms with Crippen LogP contribution in [0, 0.1) is 5.92 Å². The first kappa shape index (κ1) is 14.9. The van der Waals surface area contributed by atoms with E-state index in [9.17, 15) is 0 Å². The van der Waals surface area contributed by atoms with E-state index in [2.05, 4.69) is 11.8 Å². The average molecular weight is 244 g/mol. The minimum absolute atomic E-state index is 0.164. The van der Waals surface area contributed by atoms with Gasteiger partial charge in [0.2, 0.25) is 0 Å². The van der Waals surface area contributed by atoms with Crippen molar-refractivity contribution in [2.75, 3.05) is 47.1 Å². The molecule has 0 spiro atoms. The van der Waals surface area contributed by atoms with Gasteiger partial charge in [-0.15, -0.1) is 0 Å². The highest BCUT2D eigenvalue weighted by atomic mass is 16.5. The van der Waals surface area contributed by atoms with Crippen molar-refractivity contribution in [3.05, 3.63) is 0 Å². The Kier molecular flexibility index (Phi) is 6.41. The fraction of sp³-hybridized carbons (Fsp3) is 1.00. The third kappa shape index (κ3) is 3.41. The Bertz CT molecular complexity index is 206. The van der Waals surface area contributed by atoms with E-state index in [4.69, 9.17) is 15.2 Å². The van der Waals surface area contributed by atoms with Crippen LogP contribution in [0.4, 0.5) is 0 Å². The van der Waals surface area contributed by atoms with Gasteiger partial charge in [-0.1, -0.05) is 13.3 Å². The Morgan fingerprint density at radius 2 is 1.82 bits per heavy atom. The number of nitrogens with zero attached hydrogens (tertiary/aromatic N) is 1. The molecule has 102 valence electrons. The molecule has 0 aromatic rings. The quantitative estimate of drug-likeness (QED) is 0.694. The molecule has 1 aliphatic carbocycles. The first-order valence-electron chi connectivity index (χ1n) is 6.64. The maximum Gasteiger partial charge on any atom is 0.0589 e. The van der Waals surface area contributed by atoms with Crippen molar-refractivity contribution in [1.82, 2.24) is 4.90 Å². The summed E-state index contributed by atoms with van der Waals surface area (Å²) in [6, 6.07) is 0. The zero-order valence-corrected chi connectivity index (χ0v) is 11.6. The van der Waals surface area contributed by atoms with Crippen molar-refractivity contribution < 1.29 is 9.47 Å². The summed E-state index contributed by atoms with van der Waals surface area (Å²) in [6.07, 6.45) is 3.78. The standard InChI is InChI=1S/C13H28N2O2/c1-12-5-4-6-13(12,11-14)15(7-9-16-2)8-10-17-3/h12H,4-11,14H2,1-3H3. The highest BCUT2D eigenvalue weighted by Crippen LogP contribution is 2.39. The molecule has 4 nitrogen and oxygen atoms in total. The first-order valence-corrected chi connectivity index (χ1v) is 6.64. The molecule has 4 heteroatoms. The lowest BCUT2D eigenvalue weighted by Gasteiger charge is -2.44. The van der Waals surface area contributed by atoms with Gasteiger partial charge in [-0.25, -0.2) is 0 Å². The molecular weight excluding hydrogens is 216 g/mol. The molecule has 1 saturated carbocycles. The van der Waals surface area contributed by atoms with Gasteiger partial charge in [0.15, 0.2) is 0 Å². The molecule has 1 aliphatic rings. The smallest absolute Gasteiger partial charge is 0.0589 e. The molecular formula is C13H28N2O2. The third-order valence-electron chi connectivity index (χ3n) is 4.28. The van der Waals surface area contributed by atoms with Gasteiger partial charge in [0.1, 0.15) is 0 Å². The van der Waals surface area contributed by atoms with E-state index in [0.29, 0.717) is 5.92 Å². The van der Waals surface area contributed by atoms with Crippen molar-refractivity contribution in [1.29, 1.82) is 0 Å². The second-order valence-corrected chi connectivity index (χ2v) is 5.07. The van der Waals surface area contributed by atoms with Crippen LogP contribution in [0.3, 0.4) is 0 Å². The molecule has 0 bridgehead atoms. The predicted octanol–water partition coefficient (Wildman–Crippen LogP) is 1.10. The van der Waals surface area contributed by atoms with Crippen LogP contribution in [0.2, 0.25) is 0 Å². The average Bonchev–Trinajstić information content (AvgIpc) is 2.72. The minimum Gasteiger partial charge on any atom is -0.383 e. The first-order chi connectivity index (χ1) is 8.21. The molecule has 17 heavy (non-hydrogen) atoms. The number of rotatable bonds is 8. The van der Waals surface area contributed by atoms with Gasteiger partial charge in [-0.05, 0) is 18.8 Å². The van der Waals surface area contributed by atoms with Gasteiger partial charge < -0.3 is 15.2 Å². The lowest BCUT2D eigenvalue weighted by Crippen LogP contribution is -2.57. The summed E-state index contributed by atoms with van der Waals surface area (Å²) < 4.78 is 10.4. The molecule has 1 fully saturated rings. The van der Waals surface area contributed by atoms with Gasteiger partial charge in [0.05, 0.1) is 13.2 Å². The summed E-state index contributed by atoms with van der Waals surface area (Å²) >= 11 is 0.